The molecule has 0 fully saturated rings. The molecule has 0 unspecified atom stereocenters. The van der Waals surface area contributed by atoms with Gasteiger partial charge in [-0.3, -0.25) is 9.59 Å². The Morgan fingerprint density at radius 3 is 2.65 bits per heavy atom. The fourth-order valence-electron chi connectivity index (χ4n) is 1.50. The van der Waals surface area contributed by atoms with Crippen LogP contribution in [0.25, 0.3) is 0 Å². The molecule has 1 aromatic carbocycles. The van der Waals surface area contributed by atoms with Gasteiger partial charge in [0.25, 0.3) is 5.91 Å². The van der Waals surface area contributed by atoms with Crippen LogP contribution in [0.1, 0.15) is 15.4 Å². The van der Waals surface area contributed by atoms with Gasteiger partial charge in [-0.15, -0.1) is 5.10 Å². The first-order valence-electron chi connectivity index (χ1n) is 5.69. The van der Waals surface area contributed by atoms with Crippen LogP contribution in [0.15, 0.2) is 28.7 Å². The van der Waals surface area contributed by atoms with Gasteiger partial charge in [0.15, 0.2) is 5.69 Å². The van der Waals surface area contributed by atoms with Gasteiger partial charge in [0, 0.05) is 17.2 Å². The highest BCUT2D eigenvalue weighted by molar-refractivity contribution is 9.10. The monoisotopic (exact) mass is 354 g/mol. The molecule has 0 saturated heterocycles. The van der Waals surface area contributed by atoms with E-state index >= 15 is 0 Å². The third kappa shape index (κ3) is 3.61. The molecule has 2 N–H and O–H groups in total. The molecule has 2 amide bonds. The molecule has 104 valence electrons. The number of anilines is 1. The maximum Gasteiger partial charge on any atom is 0.272 e. The summed E-state index contributed by atoms with van der Waals surface area (Å²) in [6.45, 7) is 0. The van der Waals surface area contributed by atoms with Crippen molar-refractivity contribution in [1.82, 2.24) is 14.9 Å². The molecule has 8 heteroatoms. The van der Waals surface area contributed by atoms with Crippen molar-refractivity contribution in [2.75, 3.05) is 12.4 Å². The number of hydrogen-bond acceptors (Lipinski definition) is 5. The minimum absolute atomic E-state index is 0.0660. The van der Waals surface area contributed by atoms with Crippen molar-refractivity contribution in [3.8, 4) is 0 Å². The summed E-state index contributed by atoms with van der Waals surface area (Å²) in [5, 5.41) is 8.95. The zero-order valence-electron chi connectivity index (χ0n) is 10.5. The van der Waals surface area contributed by atoms with E-state index < -0.39 is 0 Å². The Morgan fingerprint density at radius 1 is 1.30 bits per heavy atom. The molecule has 0 radical (unpaired) electrons. The largest absolute Gasteiger partial charge is 0.354 e. The minimum atomic E-state index is -0.342. The number of carbonyl (C=O) groups is 2. The highest BCUT2D eigenvalue weighted by Crippen LogP contribution is 2.16. The molecule has 0 bridgehead atoms. The van der Waals surface area contributed by atoms with Gasteiger partial charge < -0.3 is 10.6 Å². The van der Waals surface area contributed by atoms with Gasteiger partial charge in [-0.25, -0.2) is 0 Å². The lowest BCUT2D eigenvalue weighted by Gasteiger charge is -2.04. The number of hydrogen-bond donors (Lipinski definition) is 2. The van der Waals surface area contributed by atoms with Crippen molar-refractivity contribution >= 4 is 45.0 Å². The van der Waals surface area contributed by atoms with E-state index in [1.807, 2.05) is 12.1 Å². The molecule has 1 heterocycles. The first kappa shape index (κ1) is 14.6. The number of aromatic nitrogens is 2. The van der Waals surface area contributed by atoms with Crippen molar-refractivity contribution in [1.29, 1.82) is 0 Å². The smallest absolute Gasteiger partial charge is 0.272 e. The SMILES string of the molecule is CNC(=O)c1nnsc1CC(=O)Nc1ccc(Br)cc1. The Balaban J connectivity index is 2.03. The highest BCUT2D eigenvalue weighted by Gasteiger charge is 2.17. The molecule has 0 aliphatic carbocycles. The predicted octanol–water partition coefficient (Wildman–Crippen LogP) is 1.84. The quantitative estimate of drug-likeness (QED) is 0.877. The van der Waals surface area contributed by atoms with Crippen LogP contribution in [-0.2, 0) is 11.2 Å². The van der Waals surface area contributed by atoms with Crippen molar-refractivity contribution in [3.05, 3.63) is 39.3 Å². The zero-order chi connectivity index (χ0) is 14.5. The maximum absolute atomic E-state index is 11.9. The molecule has 0 spiro atoms. The third-order valence-electron chi connectivity index (χ3n) is 2.45. The van der Waals surface area contributed by atoms with Crippen LogP contribution in [0, 0.1) is 0 Å². The van der Waals surface area contributed by atoms with Gasteiger partial charge >= 0.3 is 0 Å². The molecule has 0 aliphatic heterocycles. The van der Waals surface area contributed by atoms with E-state index in [2.05, 4.69) is 36.2 Å². The zero-order valence-corrected chi connectivity index (χ0v) is 12.9. The summed E-state index contributed by atoms with van der Waals surface area (Å²) in [4.78, 5) is 24.0. The Bertz CT molecular complexity index is 627. The lowest BCUT2D eigenvalue weighted by molar-refractivity contribution is -0.115. The van der Waals surface area contributed by atoms with Crippen LogP contribution in [-0.4, -0.2) is 28.4 Å². The number of halogens is 1. The number of nitrogens with zero attached hydrogens (tertiary/aromatic N) is 2. The second-order valence-corrected chi connectivity index (χ2v) is 5.61. The molecular formula is C12H11BrN4O2S. The first-order valence-corrected chi connectivity index (χ1v) is 7.25. The lowest BCUT2D eigenvalue weighted by atomic mass is 10.2. The van der Waals surface area contributed by atoms with Crippen molar-refractivity contribution in [2.45, 2.75) is 6.42 Å². The molecule has 2 aromatic rings. The number of amides is 2. The van der Waals surface area contributed by atoms with Gasteiger partial charge in [0.2, 0.25) is 5.91 Å². The Labute approximate surface area is 127 Å². The van der Waals surface area contributed by atoms with Crippen molar-refractivity contribution in [3.63, 3.8) is 0 Å². The van der Waals surface area contributed by atoms with Crippen LogP contribution in [0.5, 0.6) is 0 Å². The molecule has 0 aliphatic rings. The van der Waals surface area contributed by atoms with Gasteiger partial charge in [-0.05, 0) is 35.8 Å². The summed E-state index contributed by atoms with van der Waals surface area (Å²) in [6.07, 6.45) is 0.0660. The molecule has 6 nitrogen and oxygen atoms in total. The number of nitrogens with one attached hydrogen (secondary N) is 2. The first-order chi connectivity index (χ1) is 9.60. The van der Waals surface area contributed by atoms with E-state index in [9.17, 15) is 9.59 Å². The van der Waals surface area contributed by atoms with Crippen LogP contribution >= 0.6 is 27.5 Å². The molecule has 0 atom stereocenters. The second kappa shape index (κ2) is 6.58. The second-order valence-electron chi connectivity index (χ2n) is 3.86. The molecule has 1 aromatic heterocycles. The normalized spacial score (nSPS) is 10.1. The van der Waals surface area contributed by atoms with E-state index in [1.165, 1.54) is 7.05 Å². The van der Waals surface area contributed by atoms with Crippen LogP contribution < -0.4 is 10.6 Å². The predicted molar refractivity (Wildman–Crippen MR) is 79.8 cm³/mol. The topological polar surface area (TPSA) is 84.0 Å². The highest BCUT2D eigenvalue weighted by atomic mass is 79.9. The van der Waals surface area contributed by atoms with Crippen LogP contribution in [0.3, 0.4) is 0 Å². The average Bonchev–Trinajstić information content (AvgIpc) is 2.88. The molecular weight excluding hydrogens is 344 g/mol. The summed E-state index contributed by atoms with van der Waals surface area (Å²) in [5.41, 5.74) is 0.889. The lowest BCUT2D eigenvalue weighted by Crippen LogP contribution is -2.21. The van der Waals surface area contributed by atoms with Crippen LogP contribution in [0.4, 0.5) is 5.69 Å². The Hall–Kier alpha value is -1.80. The number of rotatable bonds is 4. The summed E-state index contributed by atoms with van der Waals surface area (Å²) in [5.74, 6) is -0.561. The summed E-state index contributed by atoms with van der Waals surface area (Å²) >= 11 is 4.37. The number of carbonyl (C=O) groups excluding carboxylic acids is 2. The van der Waals surface area contributed by atoms with E-state index in [0.29, 0.717) is 10.6 Å². The Morgan fingerprint density at radius 2 is 2.00 bits per heavy atom. The summed E-state index contributed by atoms with van der Waals surface area (Å²) < 4.78 is 4.64. The van der Waals surface area contributed by atoms with Crippen LogP contribution in [0.2, 0.25) is 0 Å². The summed E-state index contributed by atoms with van der Waals surface area (Å²) in [6, 6.07) is 7.23. The fourth-order valence-corrected chi connectivity index (χ4v) is 2.40. The Kier molecular flexibility index (Phi) is 4.80. The van der Waals surface area contributed by atoms with Gasteiger partial charge in [0.1, 0.15) is 0 Å². The third-order valence-corrected chi connectivity index (χ3v) is 3.70. The molecule has 2 rings (SSSR count). The van der Waals surface area contributed by atoms with E-state index in [-0.39, 0.29) is 23.9 Å². The summed E-state index contributed by atoms with van der Waals surface area (Å²) in [7, 11) is 1.51. The van der Waals surface area contributed by atoms with Crippen molar-refractivity contribution < 1.29 is 9.59 Å². The average molecular weight is 355 g/mol. The molecule has 0 saturated carbocycles. The van der Waals surface area contributed by atoms with Gasteiger partial charge in [-0.2, -0.15) is 0 Å². The van der Waals surface area contributed by atoms with E-state index in [4.69, 9.17) is 0 Å². The van der Waals surface area contributed by atoms with Crippen molar-refractivity contribution in [2.24, 2.45) is 0 Å². The van der Waals surface area contributed by atoms with E-state index in [0.717, 1.165) is 16.0 Å². The standard InChI is InChI=1S/C12H11BrN4O2S/c1-14-12(19)11-9(20-17-16-11)6-10(18)15-8-4-2-7(13)3-5-8/h2-5H,6H2,1H3,(H,14,19)(H,15,18). The number of benzene rings is 1. The van der Waals surface area contributed by atoms with Gasteiger partial charge in [0.05, 0.1) is 11.3 Å². The fraction of sp³-hybridized carbons (Fsp3) is 0.167. The molecule has 20 heavy (non-hydrogen) atoms. The maximum atomic E-state index is 11.9. The van der Waals surface area contributed by atoms with E-state index in [1.54, 1.807) is 12.1 Å². The minimum Gasteiger partial charge on any atom is -0.354 e. The van der Waals surface area contributed by atoms with Gasteiger partial charge in [-0.1, -0.05) is 20.4 Å².